The van der Waals surface area contributed by atoms with E-state index < -0.39 is 6.03 Å². The van der Waals surface area contributed by atoms with E-state index in [2.05, 4.69) is 4.98 Å². The van der Waals surface area contributed by atoms with Crippen LogP contribution in [0.25, 0.3) is 0 Å². The van der Waals surface area contributed by atoms with Crippen LogP contribution in [0, 0.1) is 12.8 Å². The van der Waals surface area contributed by atoms with Gasteiger partial charge in [-0.25, -0.2) is 9.78 Å². The summed E-state index contributed by atoms with van der Waals surface area (Å²) in [5.74, 6) is -0.623. The zero-order chi connectivity index (χ0) is 15.4. The molecular weight excluding hydrogens is 294 g/mol. The Morgan fingerprint density at radius 3 is 2.95 bits per heavy atom. The Balaban J connectivity index is 1.90. The fourth-order valence-corrected chi connectivity index (χ4v) is 2.54. The quantitative estimate of drug-likeness (QED) is 0.682. The van der Waals surface area contributed by atoms with Gasteiger partial charge in [0.2, 0.25) is 0 Å². The van der Waals surface area contributed by atoms with Crippen molar-refractivity contribution in [3.8, 4) is 0 Å². The highest BCUT2D eigenvalue weighted by molar-refractivity contribution is 6.29. The molecule has 21 heavy (non-hydrogen) atoms. The maximum absolute atomic E-state index is 12.1. The van der Waals surface area contributed by atoms with Gasteiger partial charge in [0.15, 0.2) is 0 Å². The number of likely N-dealkylation sites (tertiary alicyclic amines) is 1. The van der Waals surface area contributed by atoms with E-state index in [1.165, 1.54) is 4.90 Å². The molecule has 1 atom stereocenters. The Hall–Kier alpha value is -1.82. The summed E-state index contributed by atoms with van der Waals surface area (Å²) in [5, 5.41) is 0.409. The molecule has 6 nitrogen and oxygen atoms in total. The topological polar surface area (TPSA) is 85.5 Å². The first-order valence-electron chi connectivity index (χ1n) is 6.80. The fraction of sp³-hybridized carbons (Fsp3) is 0.500. The molecule has 1 saturated heterocycles. The highest BCUT2D eigenvalue weighted by Crippen LogP contribution is 2.19. The molecule has 1 unspecified atom stereocenters. The molecule has 7 heteroatoms. The third kappa shape index (κ3) is 4.07. The second-order valence-corrected chi connectivity index (χ2v) is 5.50. The lowest BCUT2D eigenvalue weighted by molar-refractivity contribution is -0.151. The number of hydrogen-bond donors (Lipinski definition) is 1. The number of carbonyl (C=O) groups excluding carboxylic acids is 2. The number of pyridine rings is 1. The smallest absolute Gasteiger partial charge is 0.314 e. The van der Waals surface area contributed by atoms with Crippen molar-refractivity contribution in [2.45, 2.75) is 26.4 Å². The van der Waals surface area contributed by atoms with Crippen molar-refractivity contribution in [2.24, 2.45) is 11.7 Å². The summed E-state index contributed by atoms with van der Waals surface area (Å²) in [5.41, 5.74) is 6.79. The second kappa shape index (κ2) is 6.76. The van der Waals surface area contributed by atoms with Crippen molar-refractivity contribution < 1.29 is 14.3 Å². The predicted octanol–water partition coefficient (Wildman–Crippen LogP) is 1.88. The number of esters is 1. The molecule has 1 aromatic heterocycles. The lowest BCUT2D eigenvalue weighted by Gasteiger charge is -2.30. The van der Waals surface area contributed by atoms with Crippen molar-refractivity contribution in [2.75, 3.05) is 13.1 Å². The summed E-state index contributed by atoms with van der Waals surface area (Å²) in [6.07, 6.45) is 1.46. The number of piperidine rings is 1. The number of halogens is 1. The Morgan fingerprint density at radius 2 is 2.29 bits per heavy atom. The van der Waals surface area contributed by atoms with Gasteiger partial charge in [-0.3, -0.25) is 4.79 Å². The first-order valence-corrected chi connectivity index (χ1v) is 7.18. The summed E-state index contributed by atoms with van der Waals surface area (Å²) in [6, 6.07) is 2.95. The van der Waals surface area contributed by atoms with Crippen LogP contribution >= 0.6 is 11.6 Å². The molecule has 1 aromatic rings. The summed E-state index contributed by atoms with van der Waals surface area (Å²) in [4.78, 5) is 28.8. The van der Waals surface area contributed by atoms with E-state index in [9.17, 15) is 9.59 Å². The van der Waals surface area contributed by atoms with E-state index in [0.717, 1.165) is 17.7 Å². The van der Waals surface area contributed by atoms with Gasteiger partial charge < -0.3 is 15.4 Å². The number of primary amides is 1. The van der Waals surface area contributed by atoms with Crippen LogP contribution in [0.5, 0.6) is 0 Å². The van der Waals surface area contributed by atoms with Crippen molar-refractivity contribution in [1.29, 1.82) is 0 Å². The third-order valence-electron chi connectivity index (χ3n) is 3.60. The van der Waals surface area contributed by atoms with Gasteiger partial charge in [0.05, 0.1) is 5.92 Å². The standard InChI is InChI=1S/C14H18ClN3O3/c1-9-11(4-5-12(15)17-9)8-21-13(19)10-3-2-6-18(7-10)14(16)20/h4-5,10H,2-3,6-8H2,1H3,(H2,16,20). The van der Waals surface area contributed by atoms with Crippen LogP contribution in [0.1, 0.15) is 24.1 Å². The van der Waals surface area contributed by atoms with Crippen LogP contribution in [-0.2, 0) is 16.1 Å². The molecule has 2 amide bonds. The Morgan fingerprint density at radius 1 is 1.52 bits per heavy atom. The first-order chi connectivity index (χ1) is 9.97. The van der Waals surface area contributed by atoms with Gasteiger partial charge in [0, 0.05) is 24.3 Å². The summed E-state index contributed by atoms with van der Waals surface area (Å²) in [6.45, 7) is 2.89. The molecular formula is C14H18ClN3O3. The molecule has 0 aliphatic carbocycles. The Labute approximate surface area is 128 Å². The van der Waals surface area contributed by atoms with Crippen molar-refractivity contribution in [1.82, 2.24) is 9.88 Å². The number of ether oxygens (including phenoxy) is 1. The van der Waals surface area contributed by atoms with Gasteiger partial charge in [-0.15, -0.1) is 0 Å². The minimum atomic E-state index is -0.495. The van der Waals surface area contributed by atoms with Gasteiger partial charge in [0.25, 0.3) is 0 Å². The van der Waals surface area contributed by atoms with Crippen molar-refractivity contribution in [3.63, 3.8) is 0 Å². The molecule has 1 aliphatic rings. The van der Waals surface area contributed by atoms with Crippen LogP contribution < -0.4 is 5.73 Å². The van der Waals surface area contributed by atoms with Crippen LogP contribution in [0.4, 0.5) is 4.79 Å². The van der Waals surface area contributed by atoms with Gasteiger partial charge in [-0.2, -0.15) is 0 Å². The number of aromatic nitrogens is 1. The molecule has 0 bridgehead atoms. The SMILES string of the molecule is Cc1nc(Cl)ccc1COC(=O)C1CCCN(C(N)=O)C1. The number of aryl methyl sites for hydroxylation is 1. The average molecular weight is 312 g/mol. The lowest BCUT2D eigenvalue weighted by Crippen LogP contribution is -2.45. The van der Waals surface area contributed by atoms with E-state index >= 15 is 0 Å². The van der Waals surface area contributed by atoms with E-state index in [0.29, 0.717) is 24.7 Å². The molecule has 2 N–H and O–H groups in total. The number of rotatable bonds is 3. The van der Waals surface area contributed by atoms with Crippen molar-refractivity contribution in [3.05, 3.63) is 28.5 Å². The number of urea groups is 1. The third-order valence-corrected chi connectivity index (χ3v) is 3.81. The number of nitrogens with two attached hydrogens (primary N) is 1. The summed E-state index contributed by atoms with van der Waals surface area (Å²) in [7, 11) is 0. The number of nitrogens with zero attached hydrogens (tertiary/aromatic N) is 2. The molecule has 2 rings (SSSR count). The highest BCUT2D eigenvalue weighted by atomic mass is 35.5. The molecule has 1 aliphatic heterocycles. The van der Waals surface area contributed by atoms with E-state index in [1.54, 1.807) is 12.1 Å². The zero-order valence-electron chi connectivity index (χ0n) is 11.8. The molecule has 0 spiro atoms. The van der Waals surface area contributed by atoms with Crippen molar-refractivity contribution >= 4 is 23.6 Å². The molecule has 114 valence electrons. The minimum Gasteiger partial charge on any atom is -0.460 e. The van der Waals surface area contributed by atoms with Gasteiger partial charge in [0.1, 0.15) is 11.8 Å². The Bertz CT molecular complexity index is 550. The summed E-state index contributed by atoms with van der Waals surface area (Å²) < 4.78 is 5.32. The van der Waals surface area contributed by atoms with Gasteiger partial charge in [-0.1, -0.05) is 17.7 Å². The van der Waals surface area contributed by atoms with Crippen LogP contribution in [-0.4, -0.2) is 35.0 Å². The van der Waals surface area contributed by atoms with Crippen LogP contribution in [0.3, 0.4) is 0 Å². The number of amides is 2. The zero-order valence-corrected chi connectivity index (χ0v) is 12.6. The lowest BCUT2D eigenvalue weighted by atomic mass is 9.98. The van der Waals surface area contributed by atoms with Gasteiger partial charge >= 0.3 is 12.0 Å². The maximum atomic E-state index is 12.1. The Kier molecular flexibility index (Phi) is 5.01. The fourth-order valence-electron chi connectivity index (χ4n) is 2.35. The highest BCUT2D eigenvalue weighted by Gasteiger charge is 2.28. The second-order valence-electron chi connectivity index (χ2n) is 5.11. The average Bonchev–Trinajstić information content (AvgIpc) is 2.46. The normalized spacial score (nSPS) is 18.4. The number of hydrogen-bond acceptors (Lipinski definition) is 4. The maximum Gasteiger partial charge on any atom is 0.314 e. The molecule has 0 aromatic carbocycles. The monoisotopic (exact) mass is 311 g/mol. The summed E-state index contributed by atoms with van der Waals surface area (Å²) >= 11 is 5.78. The molecule has 2 heterocycles. The van der Waals surface area contributed by atoms with Gasteiger partial charge in [-0.05, 0) is 25.8 Å². The largest absolute Gasteiger partial charge is 0.460 e. The van der Waals surface area contributed by atoms with E-state index in [1.807, 2.05) is 6.92 Å². The van der Waals surface area contributed by atoms with E-state index in [4.69, 9.17) is 22.1 Å². The predicted molar refractivity (Wildman–Crippen MR) is 77.7 cm³/mol. The molecule has 1 fully saturated rings. The van der Waals surface area contributed by atoms with E-state index in [-0.39, 0.29) is 18.5 Å². The molecule has 0 radical (unpaired) electrons. The minimum absolute atomic E-state index is 0.155. The van der Waals surface area contributed by atoms with Crippen LogP contribution in [0.15, 0.2) is 12.1 Å². The number of carbonyl (C=O) groups is 2. The first kappa shape index (κ1) is 15.6. The van der Waals surface area contributed by atoms with Crippen LogP contribution in [0.2, 0.25) is 5.15 Å². The molecule has 0 saturated carbocycles.